The van der Waals surface area contributed by atoms with E-state index in [0.717, 1.165) is 0 Å². The third-order valence-electron chi connectivity index (χ3n) is 1.16. The number of urea groups is 1. The Labute approximate surface area is 81.0 Å². The van der Waals surface area contributed by atoms with Crippen molar-refractivity contribution < 1.29 is 19.1 Å². The highest BCUT2D eigenvalue weighted by Crippen LogP contribution is 1.75. The van der Waals surface area contributed by atoms with Gasteiger partial charge in [0.2, 0.25) is 5.91 Å². The van der Waals surface area contributed by atoms with Gasteiger partial charge < -0.3 is 21.1 Å². The molecular weight excluding hydrogens is 190 g/mol. The second-order valence-electron chi connectivity index (χ2n) is 2.30. The smallest absolute Gasteiger partial charge is 0.325 e. The van der Waals surface area contributed by atoms with Crippen LogP contribution in [0.4, 0.5) is 4.79 Å². The first-order valence-corrected chi connectivity index (χ1v) is 4.02. The third-order valence-corrected chi connectivity index (χ3v) is 1.16. The van der Waals surface area contributed by atoms with Crippen LogP contribution >= 0.6 is 0 Å². The topological polar surface area (TPSA) is 111 Å². The fourth-order valence-corrected chi connectivity index (χ4v) is 0.613. The maximum atomic E-state index is 10.9. The van der Waals surface area contributed by atoms with E-state index >= 15 is 0 Å². The van der Waals surface area contributed by atoms with Crippen LogP contribution in [0.15, 0.2) is 0 Å². The Bertz CT molecular complexity index is 229. The van der Waals surface area contributed by atoms with Gasteiger partial charge in [-0.1, -0.05) is 0 Å². The molecule has 80 valence electrons. The van der Waals surface area contributed by atoms with Crippen molar-refractivity contribution in [1.82, 2.24) is 10.6 Å². The molecule has 4 N–H and O–H groups in total. The quantitative estimate of drug-likeness (QED) is 0.464. The number of hydrogen-bond donors (Lipinski definition) is 3. The van der Waals surface area contributed by atoms with E-state index in [1.165, 1.54) is 0 Å². The summed E-state index contributed by atoms with van der Waals surface area (Å²) in [6.45, 7) is 1.45. The van der Waals surface area contributed by atoms with Gasteiger partial charge in [-0.15, -0.1) is 0 Å². The second kappa shape index (κ2) is 6.70. The molecule has 0 rings (SSSR count). The number of carbonyl (C=O) groups is 3. The van der Waals surface area contributed by atoms with Crippen molar-refractivity contribution in [1.29, 1.82) is 0 Å². The average Bonchev–Trinajstić information content (AvgIpc) is 2.12. The SMILES string of the molecule is CCOC(=O)CNC(=O)CNC(N)=O. The molecule has 0 bridgehead atoms. The van der Waals surface area contributed by atoms with E-state index in [4.69, 9.17) is 5.73 Å². The van der Waals surface area contributed by atoms with Crippen molar-refractivity contribution in [3.63, 3.8) is 0 Å². The monoisotopic (exact) mass is 203 g/mol. The van der Waals surface area contributed by atoms with E-state index in [1.54, 1.807) is 6.92 Å². The lowest BCUT2D eigenvalue weighted by molar-refractivity contribution is -0.143. The van der Waals surface area contributed by atoms with Gasteiger partial charge in [0, 0.05) is 0 Å². The number of hydrogen-bond acceptors (Lipinski definition) is 4. The van der Waals surface area contributed by atoms with Gasteiger partial charge in [0.1, 0.15) is 6.54 Å². The Morgan fingerprint density at radius 1 is 1.21 bits per heavy atom. The maximum absolute atomic E-state index is 10.9. The van der Waals surface area contributed by atoms with Crippen LogP contribution in [0.25, 0.3) is 0 Å². The number of amides is 3. The zero-order valence-electron chi connectivity index (χ0n) is 7.83. The second-order valence-corrected chi connectivity index (χ2v) is 2.30. The molecule has 0 aliphatic carbocycles. The Hall–Kier alpha value is -1.79. The molecule has 0 aromatic rings. The molecule has 7 heteroatoms. The van der Waals surface area contributed by atoms with Crippen molar-refractivity contribution in [2.75, 3.05) is 19.7 Å². The van der Waals surface area contributed by atoms with Crippen LogP contribution in [0.2, 0.25) is 0 Å². The molecule has 0 aromatic heterocycles. The van der Waals surface area contributed by atoms with Gasteiger partial charge in [-0.05, 0) is 6.92 Å². The molecule has 0 heterocycles. The fourth-order valence-electron chi connectivity index (χ4n) is 0.613. The van der Waals surface area contributed by atoms with Gasteiger partial charge in [0.05, 0.1) is 13.2 Å². The largest absolute Gasteiger partial charge is 0.465 e. The number of primary amides is 1. The highest BCUT2D eigenvalue weighted by Gasteiger charge is 2.05. The highest BCUT2D eigenvalue weighted by atomic mass is 16.5. The molecule has 0 saturated heterocycles. The molecule has 0 aliphatic heterocycles. The summed E-state index contributed by atoms with van der Waals surface area (Å²) < 4.78 is 4.55. The Kier molecular flexibility index (Phi) is 5.84. The van der Waals surface area contributed by atoms with Crippen molar-refractivity contribution in [2.45, 2.75) is 6.92 Å². The number of ether oxygens (including phenoxy) is 1. The maximum Gasteiger partial charge on any atom is 0.325 e. The molecule has 7 nitrogen and oxygen atoms in total. The van der Waals surface area contributed by atoms with Crippen molar-refractivity contribution in [2.24, 2.45) is 5.73 Å². The van der Waals surface area contributed by atoms with E-state index in [-0.39, 0.29) is 19.7 Å². The van der Waals surface area contributed by atoms with Crippen LogP contribution in [-0.4, -0.2) is 37.6 Å². The van der Waals surface area contributed by atoms with E-state index in [1.807, 2.05) is 0 Å². The van der Waals surface area contributed by atoms with Gasteiger partial charge in [-0.3, -0.25) is 9.59 Å². The summed E-state index contributed by atoms with van der Waals surface area (Å²) in [5.41, 5.74) is 4.72. The first kappa shape index (κ1) is 12.2. The summed E-state index contributed by atoms with van der Waals surface area (Å²) in [5, 5.41) is 4.31. The van der Waals surface area contributed by atoms with Crippen LogP contribution in [-0.2, 0) is 14.3 Å². The van der Waals surface area contributed by atoms with Crippen LogP contribution in [0.1, 0.15) is 6.92 Å². The van der Waals surface area contributed by atoms with Crippen LogP contribution in [0, 0.1) is 0 Å². The predicted molar refractivity (Wildman–Crippen MR) is 47.2 cm³/mol. The normalized spacial score (nSPS) is 8.93. The molecule has 0 saturated carbocycles. The minimum Gasteiger partial charge on any atom is -0.465 e. The molecule has 0 atom stereocenters. The predicted octanol–water partition coefficient (Wildman–Crippen LogP) is -1.67. The van der Waals surface area contributed by atoms with Gasteiger partial charge in [-0.25, -0.2) is 4.79 Å². The van der Waals surface area contributed by atoms with Gasteiger partial charge in [-0.2, -0.15) is 0 Å². The van der Waals surface area contributed by atoms with Crippen LogP contribution in [0.3, 0.4) is 0 Å². The zero-order chi connectivity index (χ0) is 11.0. The fraction of sp³-hybridized carbons (Fsp3) is 0.571. The third kappa shape index (κ3) is 6.89. The molecule has 0 radical (unpaired) electrons. The lowest BCUT2D eigenvalue weighted by atomic mass is 10.5. The van der Waals surface area contributed by atoms with Crippen molar-refractivity contribution >= 4 is 17.9 Å². The summed E-state index contributed by atoms with van der Waals surface area (Å²) in [4.78, 5) is 31.8. The minimum absolute atomic E-state index is 0.215. The molecular formula is C7H13N3O4. The highest BCUT2D eigenvalue weighted by molar-refractivity contribution is 5.86. The first-order valence-electron chi connectivity index (χ1n) is 4.02. The van der Waals surface area contributed by atoms with Gasteiger partial charge >= 0.3 is 12.0 Å². The molecule has 0 unspecified atom stereocenters. The number of nitrogens with one attached hydrogen (secondary N) is 2. The summed E-state index contributed by atoms with van der Waals surface area (Å²) in [5.74, 6) is -1.03. The molecule has 0 aliphatic rings. The Balaban J connectivity index is 3.53. The first-order chi connectivity index (χ1) is 6.56. The van der Waals surface area contributed by atoms with Gasteiger partial charge in [0.25, 0.3) is 0 Å². The molecule has 3 amide bonds. The molecule has 0 spiro atoms. The van der Waals surface area contributed by atoms with E-state index < -0.39 is 17.9 Å². The average molecular weight is 203 g/mol. The Morgan fingerprint density at radius 3 is 2.36 bits per heavy atom. The number of carbonyl (C=O) groups excluding carboxylic acids is 3. The zero-order valence-corrected chi connectivity index (χ0v) is 7.83. The van der Waals surface area contributed by atoms with E-state index in [0.29, 0.717) is 0 Å². The summed E-state index contributed by atoms with van der Waals surface area (Å²) >= 11 is 0. The van der Waals surface area contributed by atoms with Crippen molar-refractivity contribution in [3.05, 3.63) is 0 Å². The molecule has 14 heavy (non-hydrogen) atoms. The summed E-state index contributed by atoms with van der Waals surface area (Å²) in [6.07, 6.45) is 0. The molecule has 0 aromatic carbocycles. The van der Waals surface area contributed by atoms with Crippen LogP contribution < -0.4 is 16.4 Å². The molecule has 0 fully saturated rings. The van der Waals surface area contributed by atoms with Crippen molar-refractivity contribution in [3.8, 4) is 0 Å². The number of rotatable bonds is 5. The van der Waals surface area contributed by atoms with E-state index in [2.05, 4.69) is 15.4 Å². The lowest BCUT2D eigenvalue weighted by Crippen LogP contribution is -2.41. The lowest BCUT2D eigenvalue weighted by Gasteiger charge is -2.04. The number of esters is 1. The minimum atomic E-state index is -0.795. The number of nitrogens with two attached hydrogens (primary N) is 1. The van der Waals surface area contributed by atoms with Crippen LogP contribution in [0.5, 0.6) is 0 Å². The standard InChI is InChI=1S/C7H13N3O4/c1-2-14-6(12)4-9-5(11)3-10-7(8)13/h2-4H2,1H3,(H,9,11)(H3,8,10,13). The Morgan fingerprint density at radius 2 is 1.86 bits per heavy atom. The van der Waals surface area contributed by atoms with Gasteiger partial charge in [0.15, 0.2) is 0 Å². The summed E-state index contributed by atoms with van der Waals surface area (Å²) in [6, 6.07) is -0.795. The van der Waals surface area contributed by atoms with E-state index in [9.17, 15) is 14.4 Å². The summed E-state index contributed by atoms with van der Waals surface area (Å²) in [7, 11) is 0.